The molecule has 0 atom stereocenters. The molecule has 1 aliphatic carbocycles. The number of hydrogen-bond donors (Lipinski definition) is 2. The van der Waals surface area contributed by atoms with E-state index in [1.165, 1.54) is 30.4 Å². The minimum Gasteiger partial charge on any atom is -0.508 e. The van der Waals surface area contributed by atoms with Gasteiger partial charge in [-0.25, -0.2) is 17.9 Å². The van der Waals surface area contributed by atoms with Gasteiger partial charge in [-0.05, 0) is 61.8 Å². The van der Waals surface area contributed by atoms with Crippen molar-refractivity contribution in [1.29, 1.82) is 0 Å². The maximum Gasteiger partial charge on any atom is 0.340 e. The molecule has 0 saturated carbocycles. The number of nitrogens with one attached hydrogen (secondary N) is 1. The summed E-state index contributed by atoms with van der Waals surface area (Å²) in [6, 6.07) is 7.07. The number of carbonyl (C=O) groups is 1. The SMILES string of the molecule is COC(=O)c1c(S(=O)(=O)NCCC2=CCCCC2)sc2c1CCN(Cc1ccc(O)cc1)C2. The van der Waals surface area contributed by atoms with E-state index in [2.05, 4.69) is 15.7 Å². The van der Waals surface area contributed by atoms with Crippen LogP contribution < -0.4 is 4.72 Å². The minimum absolute atomic E-state index is 0.0588. The van der Waals surface area contributed by atoms with Gasteiger partial charge in [-0.2, -0.15) is 0 Å². The van der Waals surface area contributed by atoms with E-state index < -0.39 is 16.0 Å². The van der Waals surface area contributed by atoms with Gasteiger partial charge < -0.3 is 9.84 Å². The number of methoxy groups -OCH3 is 1. The van der Waals surface area contributed by atoms with Crippen LogP contribution in [0.25, 0.3) is 0 Å². The van der Waals surface area contributed by atoms with E-state index in [0.29, 0.717) is 39.0 Å². The largest absolute Gasteiger partial charge is 0.508 e. The van der Waals surface area contributed by atoms with Crippen molar-refractivity contribution in [2.75, 3.05) is 20.2 Å². The summed E-state index contributed by atoms with van der Waals surface area (Å²) >= 11 is 1.17. The molecule has 1 aliphatic heterocycles. The fourth-order valence-corrected chi connectivity index (χ4v) is 7.47. The predicted octanol–water partition coefficient (Wildman–Crippen LogP) is 3.97. The van der Waals surface area contributed by atoms with Crippen molar-refractivity contribution in [3.05, 3.63) is 57.5 Å². The number of hydrogen-bond acceptors (Lipinski definition) is 7. The third kappa shape index (κ3) is 5.66. The van der Waals surface area contributed by atoms with Crippen LogP contribution in [0.3, 0.4) is 0 Å². The molecule has 0 bridgehead atoms. The number of esters is 1. The van der Waals surface area contributed by atoms with Crippen molar-refractivity contribution in [2.45, 2.75) is 55.8 Å². The normalized spacial score (nSPS) is 16.8. The zero-order valence-electron chi connectivity index (χ0n) is 18.8. The van der Waals surface area contributed by atoms with E-state index in [-0.39, 0.29) is 15.5 Å². The zero-order chi connectivity index (χ0) is 23.4. The van der Waals surface area contributed by atoms with Gasteiger partial charge in [-0.15, -0.1) is 11.3 Å². The second-order valence-corrected chi connectivity index (χ2v) is 11.6. The molecule has 0 spiro atoms. The summed E-state index contributed by atoms with van der Waals surface area (Å²) in [6.45, 7) is 2.27. The van der Waals surface area contributed by atoms with Crippen LogP contribution in [0, 0.1) is 0 Å². The Bertz CT molecular complexity index is 1140. The number of fused-ring (bicyclic) bond motifs is 1. The van der Waals surface area contributed by atoms with Gasteiger partial charge in [0, 0.05) is 31.1 Å². The molecule has 1 aromatic carbocycles. The van der Waals surface area contributed by atoms with Gasteiger partial charge in [0.2, 0.25) is 0 Å². The lowest BCUT2D eigenvalue weighted by atomic mass is 9.97. The number of carbonyl (C=O) groups excluding carboxylic acids is 1. The lowest BCUT2D eigenvalue weighted by Crippen LogP contribution is -2.30. The van der Waals surface area contributed by atoms with Crippen LogP contribution in [0.2, 0.25) is 0 Å². The Balaban J connectivity index is 1.52. The first-order valence-electron chi connectivity index (χ1n) is 11.3. The Kier molecular flexibility index (Phi) is 7.53. The summed E-state index contributed by atoms with van der Waals surface area (Å²) < 4.78 is 34.1. The Hall–Kier alpha value is -2.20. The third-order valence-electron chi connectivity index (χ3n) is 6.20. The fourth-order valence-electron chi connectivity index (χ4n) is 4.47. The first-order chi connectivity index (χ1) is 15.9. The quantitative estimate of drug-likeness (QED) is 0.429. The number of benzene rings is 1. The molecule has 178 valence electrons. The molecular formula is C24H30N2O5S2. The van der Waals surface area contributed by atoms with E-state index in [9.17, 15) is 18.3 Å². The van der Waals surface area contributed by atoms with Gasteiger partial charge in [-0.1, -0.05) is 23.8 Å². The highest BCUT2D eigenvalue weighted by Crippen LogP contribution is 2.37. The van der Waals surface area contributed by atoms with Crippen LogP contribution in [0.15, 0.2) is 40.1 Å². The van der Waals surface area contributed by atoms with Crippen molar-refractivity contribution >= 4 is 27.3 Å². The first-order valence-corrected chi connectivity index (χ1v) is 13.6. The average Bonchev–Trinajstić information content (AvgIpc) is 3.20. The molecule has 2 heterocycles. The molecule has 33 heavy (non-hydrogen) atoms. The molecular weight excluding hydrogens is 460 g/mol. The van der Waals surface area contributed by atoms with Crippen molar-refractivity contribution in [2.24, 2.45) is 0 Å². The van der Waals surface area contributed by atoms with Gasteiger partial charge in [-0.3, -0.25) is 4.90 Å². The van der Waals surface area contributed by atoms with Crippen LogP contribution in [0.5, 0.6) is 5.75 Å². The van der Waals surface area contributed by atoms with Crippen LogP contribution in [-0.2, 0) is 34.3 Å². The lowest BCUT2D eigenvalue weighted by molar-refractivity contribution is 0.0595. The first kappa shape index (κ1) is 23.9. The highest BCUT2D eigenvalue weighted by atomic mass is 32.2. The van der Waals surface area contributed by atoms with Crippen molar-refractivity contribution in [3.63, 3.8) is 0 Å². The topological polar surface area (TPSA) is 95.9 Å². The van der Waals surface area contributed by atoms with E-state index in [0.717, 1.165) is 35.3 Å². The number of allylic oxidation sites excluding steroid dienone is 1. The number of ether oxygens (including phenoxy) is 1. The summed E-state index contributed by atoms with van der Waals surface area (Å²) in [5.41, 5.74) is 3.33. The molecule has 2 aromatic rings. The maximum absolute atomic E-state index is 13.2. The molecule has 2 N–H and O–H groups in total. The van der Waals surface area contributed by atoms with Crippen molar-refractivity contribution < 1.29 is 23.1 Å². The second kappa shape index (κ2) is 10.4. The molecule has 1 aromatic heterocycles. The molecule has 0 unspecified atom stereocenters. The zero-order valence-corrected chi connectivity index (χ0v) is 20.4. The number of rotatable bonds is 8. The number of phenols is 1. The number of aromatic hydroxyl groups is 1. The summed E-state index contributed by atoms with van der Waals surface area (Å²) in [6.07, 6.45) is 7.93. The number of sulfonamides is 1. The molecule has 2 aliphatic rings. The van der Waals surface area contributed by atoms with Gasteiger partial charge >= 0.3 is 5.97 Å². The molecule has 7 nitrogen and oxygen atoms in total. The monoisotopic (exact) mass is 490 g/mol. The summed E-state index contributed by atoms with van der Waals surface area (Å²) in [4.78, 5) is 15.7. The highest BCUT2D eigenvalue weighted by Gasteiger charge is 2.34. The molecule has 0 saturated heterocycles. The molecule has 4 rings (SSSR count). The van der Waals surface area contributed by atoms with Gasteiger partial charge in [0.1, 0.15) is 9.96 Å². The Morgan fingerprint density at radius 3 is 2.70 bits per heavy atom. The standard InChI is InChI=1S/C24H30N2O5S2/c1-31-23(28)22-20-12-14-26(15-18-7-9-19(27)10-8-18)16-21(20)32-24(22)33(29,30)25-13-11-17-5-3-2-4-6-17/h5,7-10,25,27H,2-4,6,11-16H2,1H3. The third-order valence-corrected chi connectivity index (χ3v) is 9.40. The Morgan fingerprint density at radius 2 is 2.00 bits per heavy atom. The summed E-state index contributed by atoms with van der Waals surface area (Å²) in [5, 5.41) is 9.49. The van der Waals surface area contributed by atoms with Gasteiger partial charge in [0.15, 0.2) is 0 Å². The van der Waals surface area contributed by atoms with Gasteiger partial charge in [0.05, 0.1) is 12.7 Å². The van der Waals surface area contributed by atoms with Crippen LogP contribution in [-0.4, -0.2) is 44.6 Å². The number of phenolic OH excluding ortho intramolecular Hbond substituents is 1. The maximum atomic E-state index is 13.2. The lowest BCUT2D eigenvalue weighted by Gasteiger charge is -2.27. The van der Waals surface area contributed by atoms with Crippen LogP contribution >= 0.6 is 11.3 Å². The fraction of sp³-hybridized carbons (Fsp3) is 0.458. The van der Waals surface area contributed by atoms with E-state index >= 15 is 0 Å². The van der Waals surface area contributed by atoms with E-state index in [4.69, 9.17) is 4.74 Å². The highest BCUT2D eigenvalue weighted by molar-refractivity contribution is 7.91. The summed E-state index contributed by atoms with van der Waals surface area (Å²) in [5.74, 6) is -0.377. The molecule has 0 fully saturated rings. The molecule has 0 amide bonds. The average molecular weight is 491 g/mol. The Labute approximate surface area is 199 Å². The number of nitrogens with zero attached hydrogens (tertiary/aromatic N) is 1. The van der Waals surface area contributed by atoms with Crippen molar-refractivity contribution in [3.8, 4) is 5.75 Å². The molecule has 0 radical (unpaired) electrons. The Morgan fingerprint density at radius 1 is 1.21 bits per heavy atom. The number of thiophene rings is 1. The van der Waals surface area contributed by atoms with E-state index in [1.54, 1.807) is 12.1 Å². The van der Waals surface area contributed by atoms with E-state index in [1.807, 2.05) is 12.1 Å². The van der Waals surface area contributed by atoms with Crippen LogP contribution in [0.4, 0.5) is 0 Å². The second-order valence-electron chi connectivity index (χ2n) is 8.54. The smallest absolute Gasteiger partial charge is 0.340 e. The van der Waals surface area contributed by atoms with Gasteiger partial charge in [0.25, 0.3) is 10.0 Å². The predicted molar refractivity (Wildman–Crippen MR) is 128 cm³/mol. The minimum atomic E-state index is -3.83. The summed E-state index contributed by atoms with van der Waals surface area (Å²) in [7, 11) is -2.54. The molecule has 9 heteroatoms. The van der Waals surface area contributed by atoms with Crippen molar-refractivity contribution in [1.82, 2.24) is 9.62 Å². The van der Waals surface area contributed by atoms with Crippen LogP contribution in [0.1, 0.15) is 58.5 Å².